The van der Waals surface area contributed by atoms with Crippen LogP contribution in [0.3, 0.4) is 0 Å². The Kier molecular flexibility index (Phi) is 5.16. The second-order valence-corrected chi connectivity index (χ2v) is 8.49. The van der Waals surface area contributed by atoms with Crippen molar-refractivity contribution in [1.29, 1.82) is 0 Å². The van der Waals surface area contributed by atoms with Gasteiger partial charge in [0.15, 0.2) is 5.78 Å². The van der Waals surface area contributed by atoms with E-state index in [0.717, 1.165) is 33.6 Å². The highest BCUT2D eigenvalue weighted by Crippen LogP contribution is 2.36. The topological polar surface area (TPSA) is 86.3 Å². The van der Waals surface area contributed by atoms with Crippen LogP contribution in [0.15, 0.2) is 54.9 Å². The zero-order chi connectivity index (χ0) is 21.4. The van der Waals surface area contributed by atoms with Gasteiger partial charge in [-0.3, -0.25) is 14.6 Å². The van der Waals surface area contributed by atoms with Crippen LogP contribution >= 0.6 is 0 Å². The molecule has 0 radical (unpaired) electrons. The van der Waals surface area contributed by atoms with E-state index in [1.54, 1.807) is 17.3 Å². The van der Waals surface area contributed by atoms with E-state index in [-0.39, 0.29) is 24.0 Å². The number of H-pyrrole nitrogens is 1. The maximum absolute atomic E-state index is 13.3. The predicted molar refractivity (Wildman–Crippen MR) is 117 cm³/mol. The smallest absolute Gasteiger partial charge is 0.226 e. The van der Waals surface area contributed by atoms with E-state index in [2.05, 4.69) is 22.1 Å². The van der Waals surface area contributed by atoms with Crippen LogP contribution in [0.25, 0.3) is 11.3 Å². The van der Waals surface area contributed by atoms with E-state index < -0.39 is 6.10 Å². The number of carbonyl (C=O) groups is 2. The first-order chi connectivity index (χ1) is 15.1. The number of hydrogen-bond acceptors (Lipinski definition) is 4. The summed E-state index contributed by atoms with van der Waals surface area (Å²) in [6.45, 7) is 0.923. The van der Waals surface area contributed by atoms with Crippen molar-refractivity contribution in [2.75, 3.05) is 13.1 Å². The number of hydrogen-bond donors (Lipinski definition) is 2. The number of rotatable bonds is 4. The minimum atomic E-state index is -0.458. The van der Waals surface area contributed by atoms with Gasteiger partial charge in [0.2, 0.25) is 5.91 Å². The fraction of sp³-hybridized carbons (Fsp3) is 0.320. The Bertz CT molecular complexity index is 1110. The number of aromatic nitrogens is 2. The number of aliphatic hydroxyl groups is 1. The maximum Gasteiger partial charge on any atom is 0.226 e. The summed E-state index contributed by atoms with van der Waals surface area (Å²) in [4.78, 5) is 35.6. The molecule has 158 valence electrons. The molecule has 0 saturated carbocycles. The molecule has 2 aromatic heterocycles. The summed E-state index contributed by atoms with van der Waals surface area (Å²) in [6.07, 6.45) is 5.01. The standard InChI is InChI=1S/C25H25N3O3/c29-19-8-11-28(15-19)25(31)18-13-21-23(22(30)14-18)20(12-16-4-2-1-3-5-16)24(27-21)17-6-9-26-10-7-17/h1-7,9-10,18-19,27,29H,8,11-15H2/t18?,19-/m0/s1. The summed E-state index contributed by atoms with van der Waals surface area (Å²) in [5.74, 6) is -0.388. The Morgan fingerprint density at radius 2 is 1.90 bits per heavy atom. The van der Waals surface area contributed by atoms with Crippen LogP contribution in [-0.4, -0.2) is 50.9 Å². The third-order valence-corrected chi connectivity index (χ3v) is 6.36. The largest absolute Gasteiger partial charge is 0.391 e. The number of β-amino-alcohol motifs (C(OH)–C–C–N with tert-alkyl or cyclic N) is 1. The molecule has 2 atom stereocenters. The molecule has 0 spiro atoms. The van der Waals surface area contributed by atoms with Crippen molar-refractivity contribution < 1.29 is 14.7 Å². The third-order valence-electron chi connectivity index (χ3n) is 6.36. The minimum Gasteiger partial charge on any atom is -0.391 e. The quantitative estimate of drug-likeness (QED) is 0.686. The van der Waals surface area contributed by atoms with Gasteiger partial charge in [0.25, 0.3) is 0 Å². The lowest BCUT2D eigenvalue weighted by Gasteiger charge is -2.26. The summed E-state index contributed by atoms with van der Waals surface area (Å²) in [5.41, 5.74) is 5.60. The fourth-order valence-electron chi connectivity index (χ4n) is 4.85. The highest BCUT2D eigenvalue weighted by atomic mass is 16.3. The number of carbonyl (C=O) groups excluding carboxylic acids is 2. The van der Waals surface area contributed by atoms with Crippen molar-refractivity contribution in [3.05, 3.63) is 77.2 Å². The molecular formula is C25H25N3O3. The molecule has 3 heterocycles. The predicted octanol–water partition coefficient (Wildman–Crippen LogP) is 3.01. The maximum atomic E-state index is 13.3. The molecule has 2 aliphatic rings. The molecule has 1 unspecified atom stereocenters. The van der Waals surface area contributed by atoms with Crippen molar-refractivity contribution >= 4 is 11.7 Å². The zero-order valence-corrected chi connectivity index (χ0v) is 17.3. The summed E-state index contributed by atoms with van der Waals surface area (Å²) < 4.78 is 0. The lowest BCUT2D eigenvalue weighted by Crippen LogP contribution is -2.38. The Hall–Kier alpha value is -3.25. The van der Waals surface area contributed by atoms with E-state index in [9.17, 15) is 14.7 Å². The number of aliphatic hydroxyl groups excluding tert-OH is 1. The van der Waals surface area contributed by atoms with Gasteiger partial charge >= 0.3 is 0 Å². The van der Waals surface area contributed by atoms with Crippen LogP contribution in [0.4, 0.5) is 0 Å². The van der Waals surface area contributed by atoms with Gasteiger partial charge in [-0.15, -0.1) is 0 Å². The molecule has 1 aromatic carbocycles. The number of amides is 1. The number of nitrogens with zero attached hydrogens (tertiary/aromatic N) is 2. The van der Waals surface area contributed by atoms with Crippen LogP contribution in [0, 0.1) is 5.92 Å². The zero-order valence-electron chi connectivity index (χ0n) is 17.3. The molecule has 31 heavy (non-hydrogen) atoms. The lowest BCUT2D eigenvalue weighted by atomic mass is 9.83. The molecule has 1 aliphatic heterocycles. The summed E-state index contributed by atoms with van der Waals surface area (Å²) in [6, 6.07) is 14.0. The number of ketones is 1. The Labute approximate surface area is 180 Å². The first-order valence-corrected chi connectivity index (χ1v) is 10.8. The molecule has 6 heteroatoms. The number of benzene rings is 1. The molecule has 5 rings (SSSR count). The lowest BCUT2D eigenvalue weighted by molar-refractivity contribution is -0.134. The number of aromatic amines is 1. The van der Waals surface area contributed by atoms with Gasteiger partial charge < -0.3 is 15.0 Å². The van der Waals surface area contributed by atoms with Gasteiger partial charge in [0.05, 0.1) is 17.7 Å². The molecule has 6 nitrogen and oxygen atoms in total. The van der Waals surface area contributed by atoms with Crippen LogP contribution in [0.1, 0.15) is 40.0 Å². The van der Waals surface area contributed by atoms with Crippen molar-refractivity contribution in [2.24, 2.45) is 5.92 Å². The first-order valence-electron chi connectivity index (χ1n) is 10.8. The normalized spacial score (nSPS) is 20.7. The van der Waals surface area contributed by atoms with Crippen LogP contribution < -0.4 is 0 Å². The van der Waals surface area contributed by atoms with Gasteiger partial charge in [-0.1, -0.05) is 30.3 Å². The second-order valence-electron chi connectivity index (χ2n) is 8.49. The summed E-state index contributed by atoms with van der Waals surface area (Å²) >= 11 is 0. The molecule has 1 amide bonds. The number of Topliss-reactive ketones (excluding diaryl/α,β-unsaturated/α-hetero) is 1. The Morgan fingerprint density at radius 3 is 2.61 bits per heavy atom. The molecule has 1 saturated heterocycles. The van der Waals surface area contributed by atoms with Crippen LogP contribution in [0.5, 0.6) is 0 Å². The van der Waals surface area contributed by atoms with Crippen LogP contribution in [0.2, 0.25) is 0 Å². The molecule has 3 aromatic rings. The van der Waals surface area contributed by atoms with E-state index in [1.807, 2.05) is 30.3 Å². The molecular weight excluding hydrogens is 390 g/mol. The van der Waals surface area contributed by atoms with Gasteiger partial charge in [0, 0.05) is 61.6 Å². The molecule has 0 bridgehead atoms. The van der Waals surface area contributed by atoms with Crippen molar-refractivity contribution in [3.63, 3.8) is 0 Å². The summed E-state index contributed by atoms with van der Waals surface area (Å²) in [7, 11) is 0. The number of pyridine rings is 1. The summed E-state index contributed by atoms with van der Waals surface area (Å²) in [5, 5.41) is 9.79. The second kappa shape index (κ2) is 8.12. The molecule has 1 aliphatic carbocycles. The SMILES string of the molecule is O=C1CC(C(=O)N2CC[C@H](O)C2)Cc2[nH]c(-c3ccncc3)c(Cc3ccccc3)c21. The highest BCUT2D eigenvalue weighted by Gasteiger charge is 2.37. The monoisotopic (exact) mass is 415 g/mol. The Morgan fingerprint density at radius 1 is 1.13 bits per heavy atom. The Balaban J connectivity index is 1.52. The van der Waals surface area contributed by atoms with Crippen molar-refractivity contribution in [3.8, 4) is 11.3 Å². The van der Waals surface area contributed by atoms with Crippen molar-refractivity contribution in [2.45, 2.75) is 31.8 Å². The van der Waals surface area contributed by atoms with E-state index in [0.29, 0.717) is 32.4 Å². The molecule has 1 fully saturated rings. The van der Waals surface area contributed by atoms with Gasteiger partial charge in [-0.2, -0.15) is 0 Å². The van der Waals surface area contributed by atoms with Gasteiger partial charge in [-0.25, -0.2) is 0 Å². The third kappa shape index (κ3) is 3.79. The van der Waals surface area contributed by atoms with E-state index >= 15 is 0 Å². The average Bonchev–Trinajstić information content (AvgIpc) is 3.38. The number of nitrogens with one attached hydrogen (secondary N) is 1. The van der Waals surface area contributed by atoms with Gasteiger partial charge in [0.1, 0.15) is 0 Å². The average molecular weight is 415 g/mol. The number of fused-ring (bicyclic) bond motifs is 1. The number of likely N-dealkylation sites (tertiary alicyclic amines) is 1. The van der Waals surface area contributed by atoms with Crippen LogP contribution in [-0.2, 0) is 17.6 Å². The van der Waals surface area contributed by atoms with Gasteiger partial charge in [-0.05, 0) is 29.7 Å². The minimum absolute atomic E-state index is 0.0156. The van der Waals surface area contributed by atoms with E-state index in [1.165, 1.54) is 0 Å². The molecule has 2 N–H and O–H groups in total. The fourth-order valence-corrected chi connectivity index (χ4v) is 4.85. The van der Waals surface area contributed by atoms with E-state index in [4.69, 9.17) is 0 Å². The van der Waals surface area contributed by atoms with Crippen molar-refractivity contribution in [1.82, 2.24) is 14.9 Å². The first kappa shape index (κ1) is 19.7. The highest BCUT2D eigenvalue weighted by molar-refractivity contribution is 6.04.